The first kappa shape index (κ1) is 20.9. The molecule has 9 nitrogen and oxygen atoms in total. The molecular weight excluding hydrogens is 419 g/mol. The van der Waals surface area contributed by atoms with E-state index >= 15 is 0 Å². The van der Waals surface area contributed by atoms with Crippen LogP contribution in [0.5, 0.6) is 0 Å². The third-order valence-electron chi connectivity index (χ3n) is 4.98. The molecule has 11 heteroatoms. The lowest BCUT2D eigenvalue weighted by molar-refractivity contribution is 0.102. The van der Waals surface area contributed by atoms with Crippen LogP contribution in [0.3, 0.4) is 0 Å². The van der Waals surface area contributed by atoms with E-state index in [0.29, 0.717) is 11.2 Å². The molecule has 5 N–H and O–H groups in total. The molecule has 1 fully saturated rings. The number of hydrogen-bond acceptors (Lipinski definition) is 8. The Morgan fingerprint density at radius 1 is 1.32 bits per heavy atom. The number of aromatic nitrogens is 2. The number of thiazole rings is 1. The van der Waals surface area contributed by atoms with Gasteiger partial charge in [0.1, 0.15) is 17.3 Å². The number of nitrogens with two attached hydrogens (primary N) is 2. The minimum Gasteiger partial charge on any atom is -0.348 e. The highest BCUT2D eigenvalue weighted by atomic mass is 32.1. The van der Waals surface area contributed by atoms with E-state index in [4.69, 9.17) is 11.7 Å². The Balaban J connectivity index is 1.58. The summed E-state index contributed by atoms with van der Waals surface area (Å²) in [6.07, 6.45) is 1.12. The molecule has 162 valence electrons. The van der Waals surface area contributed by atoms with Crippen molar-refractivity contribution in [3.05, 3.63) is 47.4 Å². The molecule has 2 aromatic heterocycles. The van der Waals surface area contributed by atoms with Crippen molar-refractivity contribution >= 4 is 44.2 Å². The van der Waals surface area contributed by atoms with Crippen molar-refractivity contribution in [3.63, 3.8) is 0 Å². The molecule has 1 saturated heterocycles. The van der Waals surface area contributed by atoms with Crippen molar-refractivity contribution in [3.8, 4) is 0 Å². The van der Waals surface area contributed by atoms with Gasteiger partial charge in [-0.1, -0.05) is 17.4 Å². The number of nitrogens with zero attached hydrogens (tertiary/aromatic N) is 5. The molecule has 0 saturated carbocycles. The number of hydrazone groups is 1. The number of fused-ring (bicyclic) bond motifs is 1. The first-order valence-corrected chi connectivity index (χ1v) is 10.6. The third kappa shape index (κ3) is 4.14. The van der Waals surface area contributed by atoms with Gasteiger partial charge in [-0.3, -0.25) is 9.80 Å². The number of benzene rings is 1. The number of pyridine rings is 1. The quantitative estimate of drug-likeness (QED) is 0.240. The summed E-state index contributed by atoms with van der Waals surface area (Å²) < 4.78 is 15.4. The maximum atomic E-state index is 14.6. The molecule has 4 rings (SSSR count). The molecule has 31 heavy (non-hydrogen) atoms. The van der Waals surface area contributed by atoms with E-state index in [0.717, 1.165) is 29.3 Å². The van der Waals surface area contributed by atoms with Gasteiger partial charge in [-0.15, -0.1) is 0 Å². The lowest BCUT2D eigenvalue weighted by Crippen LogP contribution is -2.44. The maximum Gasteiger partial charge on any atom is 0.259 e. The van der Waals surface area contributed by atoms with Crippen LogP contribution in [0.2, 0.25) is 0 Å². The van der Waals surface area contributed by atoms with E-state index in [2.05, 4.69) is 25.3 Å². The molecule has 0 radical (unpaired) electrons. The number of carbonyl (C=O) groups excluding carboxylic acids is 1. The van der Waals surface area contributed by atoms with Crippen LogP contribution in [0.15, 0.2) is 35.4 Å². The van der Waals surface area contributed by atoms with Crippen LogP contribution in [-0.2, 0) is 0 Å². The second kappa shape index (κ2) is 8.44. The molecular formula is C20H23FN8OS. The lowest BCUT2D eigenvalue weighted by Gasteiger charge is -2.30. The number of amidine groups is 1. The summed E-state index contributed by atoms with van der Waals surface area (Å²) in [6, 6.07) is 7.70. The number of nitrogens with one attached hydrogen (secondary N) is 1. The summed E-state index contributed by atoms with van der Waals surface area (Å²) >= 11 is 1.45. The first-order chi connectivity index (χ1) is 14.9. The van der Waals surface area contributed by atoms with Crippen molar-refractivity contribution < 1.29 is 9.18 Å². The SMILES string of the molecule is CC(C)N(N)/C(=N\N)c1cccc(NC(=O)c2cc3sc(N4CCC4)nc3cc2F)n1. The van der Waals surface area contributed by atoms with Crippen molar-refractivity contribution in [2.24, 2.45) is 16.8 Å². The van der Waals surface area contributed by atoms with E-state index in [9.17, 15) is 9.18 Å². The van der Waals surface area contributed by atoms with Gasteiger partial charge in [0.25, 0.3) is 5.91 Å². The number of halogens is 1. The monoisotopic (exact) mass is 442 g/mol. The summed E-state index contributed by atoms with van der Waals surface area (Å²) in [4.78, 5) is 23.7. The molecule has 1 aromatic carbocycles. The summed E-state index contributed by atoms with van der Waals surface area (Å²) in [5, 5.41) is 8.56. The van der Waals surface area contributed by atoms with Gasteiger partial charge in [0.2, 0.25) is 0 Å². The summed E-state index contributed by atoms with van der Waals surface area (Å²) in [6.45, 7) is 5.65. The number of rotatable bonds is 5. The van der Waals surface area contributed by atoms with Crippen LogP contribution in [0.25, 0.3) is 10.2 Å². The highest BCUT2D eigenvalue weighted by molar-refractivity contribution is 7.22. The second-order valence-corrected chi connectivity index (χ2v) is 8.46. The normalized spacial score (nSPS) is 14.1. The van der Waals surface area contributed by atoms with Gasteiger partial charge >= 0.3 is 0 Å². The number of amides is 1. The average Bonchev–Trinajstić information content (AvgIpc) is 3.08. The molecule has 3 heterocycles. The van der Waals surface area contributed by atoms with Crippen LogP contribution in [0, 0.1) is 5.82 Å². The van der Waals surface area contributed by atoms with E-state index in [1.807, 2.05) is 13.8 Å². The Morgan fingerprint density at radius 2 is 2.10 bits per heavy atom. The molecule has 0 bridgehead atoms. The van der Waals surface area contributed by atoms with Crippen LogP contribution in [0.1, 0.15) is 36.3 Å². The zero-order valence-corrected chi connectivity index (χ0v) is 18.0. The standard InChI is InChI=1S/C20H23FN8OS/c1-11(2)29(23)18(27-22)14-5-3-6-17(24-14)26-19(30)12-9-16-15(10-13(12)21)25-20(31-16)28-7-4-8-28/h3,5-6,9-11H,4,7-8,22-23H2,1-2H3,(H,24,26,30)/b27-18-. The number of carbonyl (C=O) groups is 1. The van der Waals surface area contributed by atoms with E-state index in [1.165, 1.54) is 28.5 Å². The Bertz CT molecular complexity index is 1160. The van der Waals surface area contributed by atoms with Crippen molar-refractivity contribution in [2.45, 2.75) is 26.3 Å². The van der Waals surface area contributed by atoms with Gasteiger partial charge < -0.3 is 16.1 Å². The number of anilines is 2. The molecule has 0 unspecified atom stereocenters. The Kier molecular flexibility index (Phi) is 5.70. The third-order valence-corrected chi connectivity index (χ3v) is 6.06. The molecule has 1 amide bonds. The zero-order valence-electron chi connectivity index (χ0n) is 17.2. The minimum absolute atomic E-state index is 0.0660. The average molecular weight is 443 g/mol. The fourth-order valence-corrected chi connectivity index (χ4v) is 4.11. The Morgan fingerprint density at radius 3 is 2.74 bits per heavy atom. The lowest BCUT2D eigenvalue weighted by atomic mass is 10.2. The molecule has 0 spiro atoms. The highest BCUT2D eigenvalue weighted by Crippen LogP contribution is 2.32. The molecule has 0 aliphatic carbocycles. The maximum absolute atomic E-state index is 14.6. The van der Waals surface area contributed by atoms with Gasteiger partial charge in [-0.05, 0) is 38.5 Å². The van der Waals surface area contributed by atoms with Gasteiger partial charge in [-0.2, -0.15) is 5.10 Å². The summed E-state index contributed by atoms with van der Waals surface area (Å²) in [5.74, 6) is 10.7. The number of hydrazine groups is 1. The van der Waals surface area contributed by atoms with Crippen molar-refractivity contribution in [2.75, 3.05) is 23.3 Å². The zero-order chi connectivity index (χ0) is 22.1. The second-order valence-electron chi connectivity index (χ2n) is 7.45. The smallest absolute Gasteiger partial charge is 0.259 e. The van der Waals surface area contributed by atoms with E-state index in [1.54, 1.807) is 18.2 Å². The fraction of sp³-hybridized carbons (Fsp3) is 0.300. The topological polar surface area (TPSA) is 126 Å². The summed E-state index contributed by atoms with van der Waals surface area (Å²) in [5.41, 5.74) is 0.851. The van der Waals surface area contributed by atoms with Crippen LogP contribution in [-0.4, -0.2) is 45.9 Å². The Hall–Kier alpha value is -3.31. The molecule has 1 aliphatic rings. The summed E-state index contributed by atoms with van der Waals surface area (Å²) in [7, 11) is 0. The van der Waals surface area contributed by atoms with Crippen molar-refractivity contribution in [1.82, 2.24) is 15.0 Å². The predicted molar refractivity (Wildman–Crippen MR) is 120 cm³/mol. The fourth-order valence-electron chi connectivity index (χ4n) is 3.08. The first-order valence-electron chi connectivity index (χ1n) is 9.83. The minimum atomic E-state index is -0.640. The highest BCUT2D eigenvalue weighted by Gasteiger charge is 2.21. The van der Waals surface area contributed by atoms with Crippen molar-refractivity contribution in [1.29, 1.82) is 0 Å². The van der Waals surface area contributed by atoms with Crippen LogP contribution in [0.4, 0.5) is 15.3 Å². The van der Waals surface area contributed by atoms with Gasteiger partial charge in [0, 0.05) is 25.2 Å². The van der Waals surface area contributed by atoms with Gasteiger partial charge in [0.05, 0.1) is 15.8 Å². The van der Waals surface area contributed by atoms with E-state index in [-0.39, 0.29) is 23.3 Å². The van der Waals surface area contributed by atoms with Crippen LogP contribution >= 0.6 is 11.3 Å². The molecule has 3 aromatic rings. The van der Waals surface area contributed by atoms with E-state index < -0.39 is 11.7 Å². The largest absolute Gasteiger partial charge is 0.348 e. The van der Waals surface area contributed by atoms with Gasteiger partial charge in [-0.25, -0.2) is 20.2 Å². The Labute approximate surface area is 182 Å². The van der Waals surface area contributed by atoms with Crippen LogP contribution < -0.4 is 21.9 Å². The predicted octanol–water partition coefficient (Wildman–Crippen LogP) is 2.50. The van der Waals surface area contributed by atoms with Gasteiger partial charge in [0.15, 0.2) is 11.0 Å². The number of hydrogen-bond donors (Lipinski definition) is 3. The molecule has 1 aliphatic heterocycles. The molecule has 0 atom stereocenters.